The lowest BCUT2D eigenvalue weighted by Crippen LogP contribution is -2.35. The third-order valence-corrected chi connectivity index (χ3v) is 5.16. The summed E-state index contributed by atoms with van der Waals surface area (Å²) >= 11 is 1.78. The molecule has 2 unspecified atom stereocenters. The van der Waals surface area contributed by atoms with Gasteiger partial charge < -0.3 is 5.32 Å². The molecule has 2 rings (SSSR count). The van der Waals surface area contributed by atoms with Crippen LogP contribution < -0.4 is 5.32 Å². The summed E-state index contributed by atoms with van der Waals surface area (Å²) in [5.41, 5.74) is 0. The monoisotopic (exact) mass is 262 g/mol. The molecule has 0 aromatic rings. The molecule has 2 aliphatic rings. The van der Waals surface area contributed by atoms with Gasteiger partial charge in [0.15, 0.2) is 5.17 Å². The van der Waals surface area contributed by atoms with E-state index in [1.807, 2.05) is 6.92 Å². The number of thioether (sulfide) groups is 1. The Balaban J connectivity index is 1.77. The summed E-state index contributed by atoms with van der Waals surface area (Å²) in [7, 11) is -2.91. The van der Waals surface area contributed by atoms with E-state index in [0.717, 1.165) is 17.6 Å². The standard InChI is InChI=1S/C10H18N2O2S2/c1-7(6-16(2,13)14)12-10-11-5-9(15-10)8-3-4-8/h7-9H,3-6H2,1-2H3,(H,11,12). The van der Waals surface area contributed by atoms with Gasteiger partial charge in [-0.1, -0.05) is 11.8 Å². The van der Waals surface area contributed by atoms with Crippen LogP contribution in [0.15, 0.2) is 4.99 Å². The Kier molecular flexibility index (Phi) is 3.49. The predicted octanol–water partition coefficient (Wildman–Crippen LogP) is 0.891. The lowest BCUT2D eigenvalue weighted by Gasteiger charge is -2.14. The van der Waals surface area contributed by atoms with Crippen LogP contribution in [-0.4, -0.2) is 43.4 Å². The maximum absolute atomic E-state index is 11.1. The first-order valence-corrected chi connectivity index (χ1v) is 8.53. The van der Waals surface area contributed by atoms with Crippen LogP contribution >= 0.6 is 11.8 Å². The third-order valence-electron chi connectivity index (χ3n) is 2.75. The highest BCUT2D eigenvalue weighted by Gasteiger charge is 2.35. The molecule has 0 radical (unpaired) electrons. The van der Waals surface area contributed by atoms with Crippen molar-refractivity contribution in [3.8, 4) is 0 Å². The molecule has 2 atom stereocenters. The number of nitrogens with zero attached hydrogens (tertiary/aromatic N) is 1. The van der Waals surface area contributed by atoms with Gasteiger partial charge in [0.2, 0.25) is 0 Å². The van der Waals surface area contributed by atoms with Crippen LogP contribution in [0.2, 0.25) is 0 Å². The fraction of sp³-hybridized carbons (Fsp3) is 0.900. The molecular formula is C10H18N2O2S2. The van der Waals surface area contributed by atoms with E-state index in [1.165, 1.54) is 19.1 Å². The SMILES string of the molecule is CC(CS(C)(=O)=O)NC1=NCC(C2CC2)S1. The van der Waals surface area contributed by atoms with E-state index >= 15 is 0 Å². The molecule has 1 N–H and O–H groups in total. The molecule has 0 aromatic heterocycles. The Morgan fingerprint density at radius 3 is 2.81 bits per heavy atom. The molecule has 1 aliphatic heterocycles. The normalized spacial score (nSPS) is 27.6. The van der Waals surface area contributed by atoms with Gasteiger partial charge in [0.1, 0.15) is 9.84 Å². The maximum atomic E-state index is 11.1. The summed E-state index contributed by atoms with van der Waals surface area (Å²) in [5.74, 6) is 1.01. The summed E-state index contributed by atoms with van der Waals surface area (Å²) < 4.78 is 22.2. The number of rotatable bonds is 4. The first-order valence-electron chi connectivity index (χ1n) is 5.59. The van der Waals surface area contributed by atoms with Crippen LogP contribution in [0, 0.1) is 5.92 Å². The van der Waals surface area contributed by atoms with E-state index in [-0.39, 0.29) is 11.8 Å². The molecule has 0 aromatic carbocycles. The van der Waals surface area contributed by atoms with Crippen molar-refractivity contribution in [1.82, 2.24) is 5.32 Å². The first kappa shape index (κ1) is 12.2. The van der Waals surface area contributed by atoms with Gasteiger partial charge >= 0.3 is 0 Å². The molecule has 0 amide bonds. The van der Waals surface area contributed by atoms with Gasteiger partial charge in [-0.15, -0.1) is 0 Å². The highest BCUT2D eigenvalue weighted by Crippen LogP contribution is 2.41. The average molecular weight is 262 g/mol. The van der Waals surface area contributed by atoms with Gasteiger partial charge in [-0.05, 0) is 25.7 Å². The van der Waals surface area contributed by atoms with Gasteiger partial charge in [0, 0.05) is 17.5 Å². The van der Waals surface area contributed by atoms with Crippen LogP contribution in [0.3, 0.4) is 0 Å². The van der Waals surface area contributed by atoms with E-state index in [0.29, 0.717) is 5.25 Å². The van der Waals surface area contributed by atoms with Crippen molar-refractivity contribution in [2.75, 3.05) is 18.6 Å². The Morgan fingerprint density at radius 2 is 2.25 bits per heavy atom. The minimum absolute atomic E-state index is 0.0563. The zero-order valence-corrected chi connectivity index (χ0v) is 11.3. The van der Waals surface area contributed by atoms with Crippen molar-refractivity contribution in [3.05, 3.63) is 0 Å². The smallest absolute Gasteiger partial charge is 0.157 e. The fourth-order valence-electron chi connectivity index (χ4n) is 1.89. The molecule has 1 saturated carbocycles. The van der Waals surface area contributed by atoms with E-state index in [4.69, 9.17) is 0 Å². The number of sulfone groups is 1. The van der Waals surface area contributed by atoms with E-state index in [1.54, 1.807) is 11.8 Å². The van der Waals surface area contributed by atoms with Crippen molar-refractivity contribution < 1.29 is 8.42 Å². The summed E-state index contributed by atoms with van der Waals surface area (Å²) in [6.45, 7) is 2.78. The molecule has 4 nitrogen and oxygen atoms in total. The lowest BCUT2D eigenvalue weighted by atomic mass is 10.3. The zero-order valence-electron chi connectivity index (χ0n) is 9.64. The van der Waals surface area contributed by atoms with Crippen LogP contribution in [0.1, 0.15) is 19.8 Å². The number of hydrogen-bond acceptors (Lipinski definition) is 5. The zero-order chi connectivity index (χ0) is 11.8. The van der Waals surface area contributed by atoms with Crippen LogP contribution in [0.5, 0.6) is 0 Å². The highest BCUT2D eigenvalue weighted by molar-refractivity contribution is 8.14. The Hall–Kier alpha value is -0.230. The van der Waals surface area contributed by atoms with Gasteiger partial charge in [-0.25, -0.2) is 8.42 Å². The fourth-order valence-corrected chi connectivity index (χ4v) is 4.20. The molecule has 16 heavy (non-hydrogen) atoms. The van der Waals surface area contributed by atoms with Crippen molar-refractivity contribution in [1.29, 1.82) is 0 Å². The van der Waals surface area contributed by atoms with Crippen LogP contribution in [0.4, 0.5) is 0 Å². The molecule has 0 saturated heterocycles. The van der Waals surface area contributed by atoms with E-state index in [2.05, 4.69) is 10.3 Å². The third kappa shape index (κ3) is 3.66. The molecule has 0 spiro atoms. The van der Waals surface area contributed by atoms with E-state index in [9.17, 15) is 8.42 Å². The van der Waals surface area contributed by atoms with Crippen LogP contribution in [-0.2, 0) is 9.84 Å². The summed E-state index contributed by atoms with van der Waals surface area (Å²) in [6.07, 6.45) is 3.93. The van der Waals surface area contributed by atoms with Crippen molar-refractivity contribution in [2.45, 2.75) is 31.1 Å². The second kappa shape index (κ2) is 4.56. The van der Waals surface area contributed by atoms with Gasteiger partial charge in [-0.3, -0.25) is 4.99 Å². The molecule has 0 bridgehead atoms. The quantitative estimate of drug-likeness (QED) is 0.817. The number of hydrogen-bond donors (Lipinski definition) is 1. The molecule has 1 heterocycles. The summed E-state index contributed by atoms with van der Waals surface area (Å²) in [6, 6.07) is -0.0563. The largest absolute Gasteiger partial charge is 0.361 e. The minimum atomic E-state index is -2.91. The summed E-state index contributed by atoms with van der Waals surface area (Å²) in [5, 5.41) is 4.74. The van der Waals surface area contributed by atoms with Gasteiger partial charge in [-0.2, -0.15) is 0 Å². The second-order valence-electron chi connectivity index (χ2n) is 4.78. The summed E-state index contributed by atoms with van der Waals surface area (Å²) in [4.78, 5) is 4.42. The Morgan fingerprint density at radius 1 is 1.56 bits per heavy atom. The maximum Gasteiger partial charge on any atom is 0.157 e. The number of nitrogens with one attached hydrogen (secondary N) is 1. The predicted molar refractivity (Wildman–Crippen MR) is 68.7 cm³/mol. The topological polar surface area (TPSA) is 58.5 Å². The van der Waals surface area contributed by atoms with Gasteiger partial charge in [0.05, 0.1) is 12.3 Å². The highest BCUT2D eigenvalue weighted by atomic mass is 32.2. The average Bonchev–Trinajstić information content (AvgIpc) is 2.85. The van der Waals surface area contributed by atoms with E-state index < -0.39 is 9.84 Å². The molecular weight excluding hydrogens is 244 g/mol. The molecule has 6 heteroatoms. The Labute approximate surface area is 101 Å². The lowest BCUT2D eigenvalue weighted by molar-refractivity contribution is 0.591. The first-order chi connectivity index (χ1) is 7.44. The molecule has 1 fully saturated rings. The van der Waals surface area contributed by atoms with Crippen molar-refractivity contribution >= 4 is 26.8 Å². The number of aliphatic imine (C=N–C) groups is 1. The molecule has 1 aliphatic carbocycles. The molecule has 92 valence electrons. The van der Waals surface area contributed by atoms with Crippen LogP contribution in [0.25, 0.3) is 0 Å². The van der Waals surface area contributed by atoms with Gasteiger partial charge in [0.25, 0.3) is 0 Å². The number of amidine groups is 1. The van der Waals surface area contributed by atoms with Crippen molar-refractivity contribution in [3.63, 3.8) is 0 Å². The van der Waals surface area contributed by atoms with Crippen molar-refractivity contribution in [2.24, 2.45) is 10.9 Å². The second-order valence-corrected chi connectivity index (χ2v) is 8.19. The Bertz CT molecular complexity index is 388. The minimum Gasteiger partial charge on any atom is -0.361 e.